The van der Waals surface area contributed by atoms with Crippen molar-refractivity contribution in [3.8, 4) is 0 Å². The molecular formula is C21H39IN6. The van der Waals surface area contributed by atoms with Crippen LogP contribution in [0.4, 0.5) is 5.82 Å². The fourth-order valence-electron chi connectivity index (χ4n) is 3.68. The Morgan fingerprint density at radius 1 is 1.18 bits per heavy atom. The third kappa shape index (κ3) is 8.11. The first-order valence-electron chi connectivity index (χ1n) is 10.4. The zero-order valence-corrected chi connectivity index (χ0v) is 20.6. The van der Waals surface area contributed by atoms with Gasteiger partial charge in [-0.25, -0.2) is 4.98 Å². The third-order valence-electron chi connectivity index (χ3n) is 5.14. The lowest BCUT2D eigenvalue weighted by Crippen LogP contribution is -2.41. The average Bonchev–Trinajstić information content (AvgIpc) is 3.18. The van der Waals surface area contributed by atoms with Crippen molar-refractivity contribution in [3.05, 3.63) is 23.9 Å². The SMILES string of the molecule is CN=C(NCCCN(C(C)C)C(C)C)NCc1ccnc(N2CCCC2)c1.I. The normalized spacial score (nSPS) is 14.7. The second-order valence-corrected chi connectivity index (χ2v) is 7.85. The summed E-state index contributed by atoms with van der Waals surface area (Å²) < 4.78 is 0. The number of hydrogen-bond donors (Lipinski definition) is 2. The van der Waals surface area contributed by atoms with Crippen LogP contribution < -0.4 is 15.5 Å². The highest BCUT2D eigenvalue weighted by Gasteiger charge is 2.14. The monoisotopic (exact) mass is 502 g/mol. The molecule has 1 aromatic rings. The van der Waals surface area contributed by atoms with Crippen LogP contribution in [0.3, 0.4) is 0 Å². The van der Waals surface area contributed by atoms with E-state index in [1.54, 1.807) is 0 Å². The summed E-state index contributed by atoms with van der Waals surface area (Å²) >= 11 is 0. The fourth-order valence-corrected chi connectivity index (χ4v) is 3.68. The number of nitrogens with zero attached hydrogens (tertiary/aromatic N) is 4. The van der Waals surface area contributed by atoms with E-state index in [0.29, 0.717) is 12.1 Å². The van der Waals surface area contributed by atoms with E-state index in [9.17, 15) is 0 Å². The van der Waals surface area contributed by atoms with Crippen LogP contribution in [0, 0.1) is 0 Å². The number of anilines is 1. The molecule has 0 bridgehead atoms. The molecule has 6 nitrogen and oxygen atoms in total. The Hall–Kier alpha value is -1.09. The lowest BCUT2D eigenvalue weighted by atomic mass is 10.2. The van der Waals surface area contributed by atoms with Crippen molar-refractivity contribution in [2.75, 3.05) is 38.1 Å². The van der Waals surface area contributed by atoms with Crippen LogP contribution in [0.5, 0.6) is 0 Å². The Morgan fingerprint density at radius 2 is 1.86 bits per heavy atom. The topological polar surface area (TPSA) is 55.8 Å². The molecule has 0 spiro atoms. The molecule has 0 aromatic carbocycles. The zero-order valence-electron chi connectivity index (χ0n) is 18.2. The Labute approximate surface area is 188 Å². The Balaban J connectivity index is 0.00000392. The molecule has 28 heavy (non-hydrogen) atoms. The molecule has 2 rings (SSSR count). The van der Waals surface area contributed by atoms with Crippen LogP contribution in [0.2, 0.25) is 0 Å². The maximum absolute atomic E-state index is 4.52. The van der Waals surface area contributed by atoms with Crippen molar-refractivity contribution >= 4 is 35.8 Å². The number of aliphatic imine (C=N–C) groups is 1. The number of guanidine groups is 1. The molecule has 1 aromatic heterocycles. The molecule has 1 fully saturated rings. The number of aromatic nitrogens is 1. The molecule has 0 radical (unpaired) electrons. The maximum atomic E-state index is 4.52. The van der Waals surface area contributed by atoms with Gasteiger partial charge in [0.15, 0.2) is 5.96 Å². The van der Waals surface area contributed by atoms with Crippen LogP contribution >= 0.6 is 24.0 Å². The Morgan fingerprint density at radius 3 is 2.46 bits per heavy atom. The van der Waals surface area contributed by atoms with Gasteiger partial charge < -0.3 is 15.5 Å². The van der Waals surface area contributed by atoms with E-state index in [1.165, 1.54) is 18.4 Å². The Kier molecular flexibility index (Phi) is 11.8. The minimum absolute atomic E-state index is 0. The van der Waals surface area contributed by atoms with Gasteiger partial charge in [0.2, 0.25) is 0 Å². The summed E-state index contributed by atoms with van der Waals surface area (Å²) in [6.45, 7) is 14.1. The van der Waals surface area contributed by atoms with Gasteiger partial charge in [-0.1, -0.05) is 0 Å². The van der Waals surface area contributed by atoms with E-state index < -0.39 is 0 Å². The van der Waals surface area contributed by atoms with E-state index in [4.69, 9.17) is 0 Å². The molecular weight excluding hydrogens is 463 g/mol. The van der Waals surface area contributed by atoms with E-state index in [2.05, 4.69) is 70.2 Å². The van der Waals surface area contributed by atoms with Gasteiger partial charge in [0.25, 0.3) is 0 Å². The summed E-state index contributed by atoms with van der Waals surface area (Å²) in [6.07, 6.45) is 5.55. The van der Waals surface area contributed by atoms with Crippen LogP contribution in [-0.4, -0.2) is 61.2 Å². The molecule has 1 aliphatic rings. The molecule has 0 aliphatic carbocycles. The second-order valence-electron chi connectivity index (χ2n) is 7.85. The highest BCUT2D eigenvalue weighted by Crippen LogP contribution is 2.18. The highest BCUT2D eigenvalue weighted by atomic mass is 127. The van der Waals surface area contributed by atoms with E-state index in [1.807, 2.05) is 13.2 Å². The smallest absolute Gasteiger partial charge is 0.191 e. The van der Waals surface area contributed by atoms with Gasteiger partial charge in [0.05, 0.1) is 0 Å². The minimum Gasteiger partial charge on any atom is -0.357 e. The average molecular weight is 502 g/mol. The first-order valence-corrected chi connectivity index (χ1v) is 10.4. The van der Waals surface area contributed by atoms with Crippen molar-refractivity contribution in [2.24, 2.45) is 4.99 Å². The van der Waals surface area contributed by atoms with E-state index >= 15 is 0 Å². The van der Waals surface area contributed by atoms with Gasteiger partial charge in [0, 0.05) is 58.1 Å². The summed E-state index contributed by atoms with van der Waals surface area (Å²) in [6, 6.07) is 5.43. The first-order chi connectivity index (χ1) is 13.0. The van der Waals surface area contributed by atoms with Crippen LogP contribution in [-0.2, 0) is 6.54 Å². The molecule has 2 N–H and O–H groups in total. The van der Waals surface area contributed by atoms with Gasteiger partial charge in [-0.3, -0.25) is 9.89 Å². The number of halogens is 1. The van der Waals surface area contributed by atoms with Crippen molar-refractivity contribution in [1.82, 2.24) is 20.5 Å². The van der Waals surface area contributed by atoms with Crippen molar-refractivity contribution < 1.29 is 0 Å². The molecule has 0 amide bonds. The van der Waals surface area contributed by atoms with Crippen LogP contribution in [0.1, 0.15) is 52.5 Å². The maximum Gasteiger partial charge on any atom is 0.191 e. The summed E-state index contributed by atoms with van der Waals surface area (Å²) in [7, 11) is 1.83. The number of nitrogens with one attached hydrogen (secondary N) is 2. The lowest BCUT2D eigenvalue weighted by molar-refractivity contribution is 0.173. The number of pyridine rings is 1. The minimum atomic E-state index is 0. The van der Waals surface area contributed by atoms with Gasteiger partial charge in [0.1, 0.15) is 5.82 Å². The second kappa shape index (κ2) is 13.2. The summed E-state index contributed by atoms with van der Waals surface area (Å²) in [5, 5.41) is 6.84. The van der Waals surface area contributed by atoms with E-state index in [-0.39, 0.29) is 24.0 Å². The van der Waals surface area contributed by atoms with Gasteiger partial charge in [-0.05, 0) is 64.7 Å². The highest BCUT2D eigenvalue weighted by molar-refractivity contribution is 14.0. The van der Waals surface area contributed by atoms with E-state index in [0.717, 1.165) is 50.9 Å². The predicted molar refractivity (Wildman–Crippen MR) is 131 cm³/mol. The van der Waals surface area contributed by atoms with Gasteiger partial charge in [-0.2, -0.15) is 0 Å². The van der Waals surface area contributed by atoms with Crippen molar-refractivity contribution in [1.29, 1.82) is 0 Å². The van der Waals surface area contributed by atoms with Crippen molar-refractivity contribution in [3.63, 3.8) is 0 Å². The van der Waals surface area contributed by atoms with Gasteiger partial charge >= 0.3 is 0 Å². The summed E-state index contributed by atoms with van der Waals surface area (Å²) in [5.41, 5.74) is 1.24. The summed E-state index contributed by atoms with van der Waals surface area (Å²) in [4.78, 5) is 13.8. The molecule has 0 unspecified atom stereocenters. The Bertz CT molecular complexity index is 576. The fraction of sp³-hybridized carbons (Fsp3) is 0.714. The molecule has 0 saturated carbocycles. The largest absolute Gasteiger partial charge is 0.357 e. The zero-order chi connectivity index (χ0) is 19.6. The molecule has 1 saturated heterocycles. The summed E-state index contributed by atoms with van der Waals surface area (Å²) in [5.74, 6) is 1.95. The molecule has 1 aliphatic heterocycles. The van der Waals surface area contributed by atoms with Crippen molar-refractivity contribution in [2.45, 2.75) is 65.6 Å². The van der Waals surface area contributed by atoms with Gasteiger partial charge in [-0.15, -0.1) is 24.0 Å². The number of rotatable bonds is 9. The predicted octanol–water partition coefficient (Wildman–Crippen LogP) is 3.47. The van der Waals surface area contributed by atoms with Crippen LogP contribution in [0.25, 0.3) is 0 Å². The molecule has 2 heterocycles. The van der Waals surface area contributed by atoms with Crippen LogP contribution in [0.15, 0.2) is 23.3 Å². The molecule has 160 valence electrons. The quantitative estimate of drug-likeness (QED) is 0.235. The lowest BCUT2D eigenvalue weighted by Gasteiger charge is -2.30. The third-order valence-corrected chi connectivity index (χ3v) is 5.14. The number of hydrogen-bond acceptors (Lipinski definition) is 4. The standard InChI is InChI=1S/C21H38N6.HI/c1-17(2)27(18(3)4)14-8-10-24-21(22-5)25-16-19-9-11-23-20(15-19)26-12-6-7-13-26;/h9,11,15,17-18H,6-8,10,12-14,16H2,1-5H3,(H2,22,24,25);1H. The first kappa shape index (κ1) is 24.9. The molecule has 0 atom stereocenters. The molecule has 7 heteroatoms.